The lowest BCUT2D eigenvalue weighted by Crippen LogP contribution is -2.23. The molecule has 1 amide bonds. The van der Waals surface area contributed by atoms with Gasteiger partial charge in [0.05, 0.1) is 12.7 Å². The summed E-state index contributed by atoms with van der Waals surface area (Å²) in [7, 11) is 0. The Bertz CT molecular complexity index is 847. The van der Waals surface area contributed by atoms with E-state index in [1.807, 2.05) is 54.7 Å². The molecule has 0 bridgehead atoms. The molecule has 0 radical (unpaired) electrons. The van der Waals surface area contributed by atoms with Crippen molar-refractivity contribution in [1.82, 2.24) is 20.3 Å². The Morgan fingerprint density at radius 1 is 1.08 bits per heavy atom. The predicted molar refractivity (Wildman–Crippen MR) is 105 cm³/mol. The number of rotatable bonds is 8. The standard InChI is InChI=1S/C20H20N4OS/c25-20(21-13-14-26-19-9-5-2-6-10-19)12-11-18-16-24(23-22-18)15-17-7-3-1-4-8-17/h1-12,16H,13-15H2,(H,21,25)/b12-11+. The first kappa shape index (κ1) is 17.9. The van der Waals surface area contributed by atoms with Crippen molar-refractivity contribution in [2.24, 2.45) is 0 Å². The van der Waals surface area contributed by atoms with Crippen LogP contribution in [0.3, 0.4) is 0 Å². The van der Waals surface area contributed by atoms with Crippen molar-refractivity contribution in [2.45, 2.75) is 11.4 Å². The van der Waals surface area contributed by atoms with Gasteiger partial charge in [0.1, 0.15) is 5.69 Å². The van der Waals surface area contributed by atoms with Gasteiger partial charge in [-0.3, -0.25) is 4.79 Å². The van der Waals surface area contributed by atoms with E-state index in [1.54, 1.807) is 22.5 Å². The SMILES string of the molecule is O=C(/C=C/c1cn(Cc2ccccc2)nn1)NCCSc1ccccc1. The van der Waals surface area contributed by atoms with Gasteiger partial charge in [-0.1, -0.05) is 53.7 Å². The summed E-state index contributed by atoms with van der Waals surface area (Å²) in [6, 6.07) is 20.2. The van der Waals surface area contributed by atoms with E-state index in [9.17, 15) is 4.79 Å². The molecule has 0 saturated heterocycles. The Morgan fingerprint density at radius 2 is 1.81 bits per heavy atom. The first-order valence-electron chi connectivity index (χ1n) is 8.37. The number of thioether (sulfide) groups is 1. The second-order valence-electron chi connectivity index (χ2n) is 5.61. The van der Waals surface area contributed by atoms with Gasteiger partial charge in [0.25, 0.3) is 0 Å². The maximum absolute atomic E-state index is 11.9. The quantitative estimate of drug-likeness (QED) is 0.379. The van der Waals surface area contributed by atoms with E-state index in [1.165, 1.54) is 11.0 Å². The third-order valence-corrected chi connectivity index (χ3v) is 4.58. The number of nitrogens with one attached hydrogen (secondary N) is 1. The fraction of sp³-hybridized carbons (Fsp3) is 0.150. The second kappa shape index (κ2) is 9.58. The van der Waals surface area contributed by atoms with Gasteiger partial charge in [0.15, 0.2) is 0 Å². The average Bonchev–Trinajstić information content (AvgIpc) is 3.12. The zero-order valence-electron chi connectivity index (χ0n) is 14.3. The van der Waals surface area contributed by atoms with Crippen LogP contribution >= 0.6 is 11.8 Å². The number of nitrogens with zero attached hydrogens (tertiary/aromatic N) is 3. The van der Waals surface area contributed by atoms with Crippen LogP contribution in [0.15, 0.2) is 77.8 Å². The zero-order valence-corrected chi connectivity index (χ0v) is 15.1. The topological polar surface area (TPSA) is 59.8 Å². The van der Waals surface area contributed by atoms with Gasteiger partial charge in [-0.15, -0.1) is 16.9 Å². The van der Waals surface area contributed by atoms with Gasteiger partial charge in [-0.25, -0.2) is 4.68 Å². The predicted octanol–water partition coefficient (Wildman–Crippen LogP) is 3.25. The van der Waals surface area contributed by atoms with E-state index < -0.39 is 0 Å². The first-order valence-corrected chi connectivity index (χ1v) is 9.36. The maximum atomic E-state index is 11.9. The van der Waals surface area contributed by atoms with Crippen molar-refractivity contribution in [3.05, 3.63) is 84.2 Å². The van der Waals surface area contributed by atoms with Crippen LogP contribution < -0.4 is 5.32 Å². The van der Waals surface area contributed by atoms with E-state index in [4.69, 9.17) is 0 Å². The summed E-state index contributed by atoms with van der Waals surface area (Å²) in [5.74, 6) is 0.702. The Labute approximate surface area is 157 Å². The molecule has 0 spiro atoms. The zero-order chi connectivity index (χ0) is 18.0. The van der Waals surface area contributed by atoms with Gasteiger partial charge in [0, 0.05) is 23.3 Å². The van der Waals surface area contributed by atoms with E-state index in [0.29, 0.717) is 18.8 Å². The van der Waals surface area contributed by atoms with Crippen LogP contribution in [0.25, 0.3) is 6.08 Å². The average molecular weight is 364 g/mol. The number of benzene rings is 2. The van der Waals surface area contributed by atoms with Crippen molar-refractivity contribution in [1.29, 1.82) is 0 Å². The first-order chi connectivity index (χ1) is 12.8. The lowest BCUT2D eigenvalue weighted by Gasteiger charge is -2.02. The molecule has 2 aromatic carbocycles. The Hall–Kier alpha value is -2.86. The third kappa shape index (κ3) is 5.89. The van der Waals surface area contributed by atoms with E-state index in [0.717, 1.165) is 11.3 Å². The lowest BCUT2D eigenvalue weighted by molar-refractivity contribution is -0.116. The molecule has 0 aliphatic heterocycles. The fourth-order valence-corrected chi connectivity index (χ4v) is 3.11. The molecule has 0 aliphatic rings. The molecule has 26 heavy (non-hydrogen) atoms. The van der Waals surface area contributed by atoms with Crippen LogP contribution in [0.5, 0.6) is 0 Å². The largest absolute Gasteiger partial charge is 0.352 e. The number of amides is 1. The van der Waals surface area contributed by atoms with Crippen molar-refractivity contribution < 1.29 is 4.79 Å². The van der Waals surface area contributed by atoms with Gasteiger partial charge in [-0.2, -0.15) is 0 Å². The van der Waals surface area contributed by atoms with E-state index >= 15 is 0 Å². The highest BCUT2D eigenvalue weighted by Crippen LogP contribution is 2.15. The molecule has 0 aliphatic carbocycles. The monoisotopic (exact) mass is 364 g/mol. The Morgan fingerprint density at radius 3 is 2.58 bits per heavy atom. The molecule has 132 valence electrons. The van der Waals surface area contributed by atoms with Crippen LogP contribution in [0.1, 0.15) is 11.3 Å². The Balaban J connectivity index is 1.40. The van der Waals surface area contributed by atoms with Crippen LogP contribution in [0.2, 0.25) is 0 Å². The molecular formula is C20H20N4OS. The highest BCUT2D eigenvalue weighted by Gasteiger charge is 2.00. The van der Waals surface area contributed by atoms with Crippen molar-refractivity contribution >= 4 is 23.7 Å². The summed E-state index contributed by atoms with van der Waals surface area (Å²) in [5, 5.41) is 11.0. The molecule has 5 nitrogen and oxygen atoms in total. The van der Waals surface area contributed by atoms with Crippen LogP contribution in [0, 0.1) is 0 Å². The normalized spacial score (nSPS) is 10.9. The molecular weight excluding hydrogens is 344 g/mol. The second-order valence-corrected chi connectivity index (χ2v) is 6.78. The summed E-state index contributed by atoms with van der Waals surface area (Å²) in [5.41, 5.74) is 1.82. The number of hydrogen-bond donors (Lipinski definition) is 1. The van der Waals surface area contributed by atoms with Gasteiger partial charge in [0.2, 0.25) is 5.91 Å². The summed E-state index contributed by atoms with van der Waals surface area (Å²) in [4.78, 5) is 13.1. The summed E-state index contributed by atoms with van der Waals surface area (Å²) in [6.07, 6.45) is 4.99. The highest BCUT2D eigenvalue weighted by atomic mass is 32.2. The molecule has 0 atom stereocenters. The lowest BCUT2D eigenvalue weighted by atomic mass is 10.2. The highest BCUT2D eigenvalue weighted by molar-refractivity contribution is 7.99. The van der Waals surface area contributed by atoms with Gasteiger partial charge < -0.3 is 5.32 Å². The minimum atomic E-state index is -0.128. The smallest absolute Gasteiger partial charge is 0.244 e. The summed E-state index contributed by atoms with van der Waals surface area (Å²) >= 11 is 1.72. The molecule has 6 heteroatoms. The Kier molecular flexibility index (Phi) is 6.61. The molecule has 3 aromatic rings. The molecule has 0 fully saturated rings. The maximum Gasteiger partial charge on any atom is 0.244 e. The van der Waals surface area contributed by atoms with E-state index in [-0.39, 0.29) is 5.91 Å². The van der Waals surface area contributed by atoms with Crippen LogP contribution in [0.4, 0.5) is 0 Å². The molecule has 1 heterocycles. The molecule has 1 aromatic heterocycles. The fourth-order valence-electron chi connectivity index (χ4n) is 2.32. The van der Waals surface area contributed by atoms with Crippen LogP contribution in [-0.2, 0) is 11.3 Å². The summed E-state index contributed by atoms with van der Waals surface area (Å²) < 4.78 is 1.75. The van der Waals surface area contributed by atoms with Crippen molar-refractivity contribution in [3.63, 3.8) is 0 Å². The number of aromatic nitrogens is 3. The summed E-state index contributed by atoms with van der Waals surface area (Å²) in [6.45, 7) is 1.27. The van der Waals surface area contributed by atoms with Crippen LogP contribution in [-0.4, -0.2) is 33.2 Å². The third-order valence-electron chi connectivity index (χ3n) is 3.56. The number of carbonyl (C=O) groups is 1. The number of carbonyl (C=O) groups excluding carboxylic acids is 1. The van der Waals surface area contributed by atoms with Gasteiger partial charge in [-0.05, 0) is 23.8 Å². The van der Waals surface area contributed by atoms with E-state index in [2.05, 4.69) is 27.8 Å². The molecule has 1 N–H and O–H groups in total. The molecule has 0 saturated carbocycles. The number of hydrogen-bond acceptors (Lipinski definition) is 4. The minimum absolute atomic E-state index is 0.128. The molecule has 0 unspecified atom stereocenters. The van der Waals surface area contributed by atoms with Gasteiger partial charge >= 0.3 is 0 Å². The minimum Gasteiger partial charge on any atom is -0.352 e. The molecule has 3 rings (SSSR count). The van der Waals surface area contributed by atoms with Crippen molar-refractivity contribution in [3.8, 4) is 0 Å². The van der Waals surface area contributed by atoms with Crippen molar-refractivity contribution in [2.75, 3.05) is 12.3 Å².